The molecule has 1 aromatic carbocycles. The van der Waals surface area contributed by atoms with Gasteiger partial charge >= 0.3 is 5.97 Å². The van der Waals surface area contributed by atoms with Crippen LogP contribution in [0, 0.1) is 0 Å². The molecule has 3 N–H and O–H groups in total. The number of nitrogens with zero attached hydrogens (tertiary/aromatic N) is 4. The van der Waals surface area contributed by atoms with E-state index in [2.05, 4.69) is 51.8 Å². The number of nitrogen functional groups attached to an aromatic ring is 1. The molecule has 3 heterocycles. The van der Waals surface area contributed by atoms with E-state index >= 15 is 0 Å². The third kappa shape index (κ3) is 6.73. The van der Waals surface area contributed by atoms with Crippen molar-refractivity contribution < 1.29 is 14.3 Å². The van der Waals surface area contributed by atoms with Gasteiger partial charge in [0, 0.05) is 43.8 Å². The van der Waals surface area contributed by atoms with Crippen molar-refractivity contribution in [2.75, 3.05) is 56.6 Å². The summed E-state index contributed by atoms with van der Waals surface area (Å²) in [7, 11) is 0. The molecule has 39 heavy (non-hydrogen) atoms. The van der Waals surface area contributed by atoms with Crippen LogP contribution in [0.2, 0.25) is 0 Å². The van der Waals surface area contributed by atoms with Crippen molar-refractivity contribution >= 4 is 17.6 Å². The van der Waals surface area contributed by atoms with Crippen molar-refractivity contribution in [2.45, 2.75) is 72.0 Å². The van der Waals surface area contributed by atoms with Crippen LogP contribution in [0.4, 0.5) is 11.6 Å². The van der Waals surface area contributed by atoms with Gasteiger partial charge in [0.1, 0.15) is 5.75 Å². The molecule has 10 nitrogen and oxygen atoms in total. The van der Waals surface area contributed by atoms with Crippen LogP contribution in [0.3, 0.4) is 0 Å². The summed E-state index contributed by atoms with van der Waals surface area (Å²) < 4.78 is 10.9. The van der Waals surface area contributed by atoms with Crippen LogP contribution in [0.15, 0.2) is 23.0 Å². The Hall–Kier alpha value is -3.11. The zero-order chi connectivity index (χ0) is 27.9. The van der Waals surface area contributed by atoms with Gasteiger partial charge < -0.3 is 25.1 Å². The second-order valence-corrected chi connectivity index (χ2v) is 10.4. The van der Waals surface area contributed by atoms with Crippen LogP contribution in [-0.4, -0.2) is 83.8 Å². The fourth-order valence-electron chi connectivity index (χ4n) is 5.82. The highest BCUT2D eigenvalue weighted by Gasteiger charge is 2.34. The Bertz CT molecular complexity index is 1180. The zero-order valence-corrected chi connectivity index (χ0v) is 23.9. The maximum absolute atomic E-state index is 12.8. The van der Waals surface area contributed by atoms with Gasteiger partial charge in [-0.1, -0.05) is 26.0 Å². The van der Waals surface area contributed by atoms with Gasteiger partial charge in [-0.15, -0.1) is 0 Å². The van der Waals surface area contributed by atoms with E-state index in [9.17, 15) is 9.59 Å². The molecule has 0 amide bonds. The normalized spacial score (nSPS) is 19.3. The number of piperazine rings is 1. The number of rotatable bonds is 10. The number of aromatic nitrogens is 2. The first-order valence-electron chi connectivity index (χ1n) is 14.4. The number of ether oxygens (including phenoxy) is 2. The molecule has 1 aromatic heterocycles. The number of hydrogen-bond donors (Lipinski definition) is 2. The monoisotopic (exact) mass is 540 g/mol. The number of aromatic amines is 1. The topological polar surface area (TPSA) is 117 Å². The van der Waals surface area contributed by atoms with Crippen molar-refractivity contribution in [3.05, 3.63) is 45.4 Å². The van der Waals surface area contributed by atoms with E-state index in [4.69, 9.17) is 15.2 Å². The van der Waals surface area contributed by atoms with Gasteiger partial charge in [-0.3, -0.25) is 14.6 Å². The second-order valence-electron chi connectivity index (χ2n) is 10.4. The number of aryl methyl sites for hydroxylation is 1. The minimum atomic E-state index is -0.666. The van der Waals surface area contributed by atoms with Crippen LogP contribution < -0.4 is 20.9 Å². The molecule has 0 aliphatic carbocycles. The lowest BCUT2D eigenvalue weighted by atomic mass is 9.97. The highest BCUT2D eigenvalue weighted by atomic mass is 16.5. The van der Waals surface area contributed by atoms with E-state index in [0.29, 0.717) is 31.8 Å². The number of nitrogens with one attached hydrogen (secondary N) is 1. The predicted molar refractivity (Wildman–Crippen MR) is 154 cm³/mol. The molecule has 1 atom stereocenters. The molecule has 0 spiro atoms. The number of hydrogen-bond acceptors (Lipinski definition) is 9. The first kappa shape index (κ1) is 28.9. The Morgan fingerprint density at radius 2 is 1.87 bits per heavy atom. The van der Waals surface area contributed by atoms with Crippen LogP contribution in [-0.2, 0) is 17.7 Å². The highest BCUT2D eigenvalue weighted by Crippen LogP contribution is 2.28. The van der Waals surface area contributed by atoms with Gasteiger partial charge in [-0.25, -0.2) is 9.78 Å². The number of piperidine rings is 1. The molecule has 0 saturated carbocycles. The van der Waals surface area contributed by atoms with Crippen molar-refractivity contribution in [3.8, 4) is 5.75 Å². The SMILES string of the molecule is CCOC(=O)c1[nH]c(=O)c(N2CCN(C3CCN(Cc4ccc(CC)cc4OCC)CC3)C(CC)C2)nc1N. The molecular weight excluding hydrogens is 496 g/mol. The van der Waals surface area contributed by atoms with Crippen LogP contribution in [0.25, 0.3) is 0 Å². The number of carbonyl (C=O) groups is 1. The fourth-order valence-corrected chi connectivity index (χ4v) is 5.82. The molecule has 4 rings (SSSR count). The number of esters is 1. The minimum Gasteiger partial charge on any atom is -0.494 e. The molecule has 2 aliphatic heterocycles. The summed E-state index contributed by atoms with van der Waals surface area (Å²) in [5.41, 5.74) is 8.09. The smallest absolute Gasteiger partial charge is 0.358 e. The summed E-state index contributed by atoms with van der Waals surface area (Å²) in [6.45, 7) is 14.2. The fraction of sp³-hybridized carbons (Fsp3) is 0.621. The lowest BCUT2D eigenvalue weighted by Crippen LogP contribution is -2.59. The van der Waals surface area contributed by atoms with Crippen LogP contribution in [0.1, 0.15) is 68.6 Å². The van der Waals surface area contributed by atoms with Gasteiger partial charge in [-0.05, 0) is 64.3 Å². The summed E-state index contributed by atoms with van der Waals surface area (Å²) in [6.07, 6.45) is 4.22. The largest absolute Gasteiger partial charge is 0.494 e. The molecular formula is C29H44N6O4. The number of likely N-dealkylation sites (tertiary alicyclic amines) is 1. The third-order valence-corrected chi connectivity index (χ3v) is 7.96. The van der Waals surface area contributed by atoms with E-state index in [-0.39, 0.29) is 23.9 Å². The molecule has 0 radical (unpaired) electrons. The predicted octanol–water partition coefficient (Wildman–Crippen LogP) is 3.06. The maximum Gasteiger partial charge on any atom is 0.358 e. The van der Waals surface area contributed by atoms with Crippen LogP contribution >= 0.6 is 0 Å². The molecule has 2 aromatic rings. The Balaban J connectivity index is 1.37. The van der Waals surface area contributed by atoms with Crippen molar-refractivity contribution in [3.63, 3.8) is 0 Å². The molecule has 10 heteroatoms. The Morgan fingerprint density at radius 1 is 1.10 bits per heavy atom. The Morgan fingerprint density at radius 3 is 2.54 bits per heavy atom. The van der Waals surface area contributed by atoms with Crippen LogP contribution in [0.5, 0.6) is 5.75 Å². The summed E-state index contributed by atoms with van der Waals surface area (Å²) in [6, 6.07) is 7.46. The van der Waals surface area contributed by atoms with Crippen molar-refractivity contribution in [1.29, 1.82) is 0 Å². The molecule has 1 unspecified atom stereocenters. The number of nitrogens with two attached hydrogens (primary N) is 1. The van der Waals surface area contributed by atoms with Crippen molar-refractivity contribution in [1.82, 2.24) is 19.8 Å². The third-order valence-electron chi connectivity index (χ3n) is 7.96. The Kier molecular flexibility index (Phi) is 9.85. The average molecular weight is 541 g/mol. The number of H-pyrrole nitrogens is 1. The summed E-state index contributed by atoms with van der Waals surface area (Å²) >= 11 is 0. The van der Waals surface area contributed by atoms with E-state index in [0.717, 1.165) is 57.6 Å². The van der Waals surface area contributed by atoms with Crippen molar-refractivity contribution in [2.24, 2.45) is 0 Å². The standard InChI is InChI=1S/C29H44N6O4/c1-5-20-9-10-21(24(17-20)38-7-3)18-33-13-11-23(12-14-33)35-16-15-34(19-22(35)6-2)27-28(36)31-25(26(30)32-27)29(37)39-8-4/h9-10,17,22-23H,5-8,11-16,18-19H2,1-4H3,(H2,30,32)(H,31,36). The van der Waals surface area contributed by atoms with Gasteiger partial charge in [0.15, 0.2) is 17.3 Å². The average Bonchev–Trinajstić information content (AvgIpc) is 2.95. The van der Waals surface area contributed by atoms with Gasteiger partial charge in [0.2, 0.25) is 0 Å². The van der Waals surface area contributed by atoms with E-state index < -0.39 is 11.5 Å². The number of benzene rings is 1. The van der Waals surface area contributed by atoms with E-state index in [1.807, 2.05) is 11.8 Å². The number of carbonyl (C=O) groups excluding carboxylic acids is 1. The first-order chi connectivity index (χ1) is 18.9. The lowest BCUT2D eigenvalue weighted by Gasteiger charge is -2.47. The summed E-state index contributed by atoms with van der Waals surface area (Å²) in [5.74, 6) is 0.608. The highest BCUT2D eigenvalue weighted by molar-refractivity contribution is 5.92. The summed E-state index contributed by atoms with van der Waals surface area (Å²) in [5, 5.41) is 0. The zero-order valence-electron chi connectivity index (χ0n) is 23.9. The Labute approximate surface area is 231 Å². The van der Waals surface area contributed by atoms with Gasteiger partial charge in [0.25, 0.3) is 5.56 Å². The molecule has 2 saturated heterocycles. The van der Waals surface area contributed by atoms with E-state index in [1.165, 1.54) is 11.1 Å². The maximum atomic E-state index is 12.8. The minimum absolute atomic E-state index is 0.0114. The summed E-state index contributed by atoms with van der Waals surface area (Å²) in [4.78, 5) is 39.0. The molecule has 2 fully saturated rings. The van der Waals surface area contributed by atoms with Gasteiger partial charge in [-0.2, -0.15) is 0 Å². The first-order valence-corrected chi connectivity index (χ1v) is 14.4. The molecule has 2 aliphatic rings. The molecule has 0 bridgehead atoms. The second kappa shape index (κ2) is 13.3. The molecule has 214 valence electrons. The van der Waals surface area contributed by atoms with E-state index in [1.54, 1.807) is 6.92 Å². The number of anilines is 2. The van der Waals surface area contributed by atoms with Gasteiger partial charge in [0.05, 0.1) is 13.2 Å². The quantitative estimate of drug-likeness (QED) is 0.439. The lowest BCUT2D eigenvalue weighted by molar-refractivity contribution is 0.0519.